The number of aromatic amines is 1. The topological polar surface area (TPSA) is 28.7 Å². The van der Waals surface area contributed by atoms with Crippen LogP contribution in [0.5, 0.6) is 0 Å². The Bertz CT molecular complexity index is 341. The highest BCUT2D eigenvalue weighted by molar-refractivity contribution is 6.66. The van der Waals surface area contributed by atoms with Crippen LogP contribution in [0.25, 0.3) is 0 Å². The summed E-state index contributed by atoms with van der Waals surface area (Å²) in [4.78, 5) is 0. The molecule has 0 aliphatic heterocycles. The van der Waals surface area contributed by atoms with Crippen molar-refractivity contribution in [3.63, 3.8) is 0 Å². The van der Waals surface area contributed by atoms with Crippen molar-refractivity contribution in [3.05, 3.63) is 17.0 Å². The molecule has 0 aromatic carbocycles. The molecule has 0 amide bonds. The zero-order chi connectivity index (χ0) is 10.9. The first-order chi connectivity index (χ1) is 7.09. The van der Waals surface area contributed by atoms with Crippen LogP contribution >= 0.6 is 34.8 Å². The van der Waals surface area contributed by atoms with Gasteiger partial charge in [-0.2, -0.15) is 5.10 Å². The number of hydrogen-bond donors (Lipinski definition) is 1. The maximum Gasteiger partial charge on any atom is 0.234 e. The molecule has 1 aromatic heterocycles. The number of rotatable bonds is 0. The van der Waals surface area contributed by atoms with Crippen LogP contribution in [0.2, 0.25) is 0 Å². The minimum Gasteiger partial charge on any atom is -0.282 e. The molecule has 1 aliphatic rings. The number of nitrogens with zero attached hydrogens (tertiary/aromatic N) is 1. The Morgan fingerprint density at radius 1 is 1.00 bits per heavy atom. The van der Waals surface area contributed by atoms with Crippen molar-refractivity contribution in [2.24, 2.45) is 0 Å². The zero-order valence-corrected chi connectivity index (χ0v) is 10.6. The van der Waals surface area contributed by atoms with E-state index >= 15 is 0 Å². The number of nitrogens with one attached hydrogen (secondary N) is 1. The molecule has 1 aliphatic carbocycles. The molecule has 1 N–H and O–H groups in total. The number of halogens is 3. The minimum atomic E-state index is -1.40. The Morgan fingerprint density at radius 3 is 2.33 bits per heavy atom. The molecule has 0 saturated carbocycles. The standard InChI is InChI=1S/C10H13Cl3N2/c11-10(12,13)9-7-5-3-1-2-4-6-8(7)14-15-9/h1-6H2,(H,14,15). The predicted molar refractivity (Wildman–Crippen MR) is 63.7 cm³/mol. The third kappa shape index (κ3) is 2.61. The van der Waals surface area contributed by atoms with Gasteiger partial charge in [0.05, 0.1) is 0 Å². The summed E-state index contributed by atoms with van der Waals surface area (Å²) in [7, 11) is 0. The highest BCUT2D eigenvalue weighted by Gasteiger charge is 2.30. The molecule has 2 nitrogen and oxygen atoms in total. The summed E-state index contributed by atoms with van der Waals surface area (Å²) in [6.07, 6.45) is 6.86. The van der Waals surface area contributed by atoms with E-state index in [0.29, 0.717) is 5.69 Å². The van der Waals surface area contributed by atoms with Gasteiger partial charge in [-0.1, -0.05) is 47.6 Å². The monoisotopic (exact) mass is 266 g/mol. The van der Waals surface area contributed by atoms with Crippen LogP contribution < -0.4 is 0 Å². The summed E-state index contributed by atoms with van der Waals surface area (Å²) >= 11 is 17.6. The minimum absolute atomic E-state index is 0.587. The van der Waals surface area contributed by atoms with Gasteiger partial charge in [-0.3, -0.25) is 5.10 Å². The first-order valence-corrected chi connectivity index (χ1v) is 6.36. The van der Waals surface area contributed by atoms with E-state index in [1.165, 1.54) is 19.3 Å². The highest BCUT2D eigenvalue weighted by atomic mass is 35.6. The van der Waals surface area contributed by atoms with E-state index in [1.807, 2.05) is 0 Å². The van der Waals surface area contributed by atoms with Crippen molar-refractivity contribution in [2.75, 3.05) is 0 Å². The largest absolute Gasteiger partial charge is 0.282 e. The number of aromatic nitrogens is 2. The number of hydrogen-bond acceptors (Lipinski definition) is 1. The zero-order valence-electron chi connectivity index (χ0n) is 8.32. The van der Waals surface area contributed by atoms with Crippen LogP contribution in [0.1, 0.15) is 42.6 Å². The quantitative estimate of drug-likeness (QED) is 0.710. The van der Waals surface area contributed by atoms with E-state index in [2.05, 4.69) is 10.2 Å². The van der Waals surface area contributed by atoms with Crippen LogP contribution in [0.15, 0.2) is 0 Å². The van der Waals surface area contributed by atoms with Gasteiger partial charge in [-0.25, -0.2) is 0 Å². The van der Waals surface area contributed by atoms with Crippen LogP contribution in [0.4, 0.5) is 0 Å². The molecule has 0 atom stereocenters. The molecule has 2 rings (SSSR count). The van der Waals surface area contributed by atoms with E-state index in [4.69, 9.17) is 34.8 Å². The molecule has 0 bridgehead atoms. The third-order valence-electron chi connectivity index (χ3n) is 2.82. The highest BCUT2D eigenvalue weighted by Crippen LogP contribution is 2.40. The van der Waals surface area contributed by atoms with E-state index in [9.17, 15) is 0 Å². The molecule has 5 heteroatoms. The molecule has 0 fully saturated rings. The lowest BCUT2D eigenvalue weighted by atomic mass is 9.97. The van der Waals surface area contributed by atoms with E-state index in [1.54, 1.807) is 0 Å². The van der Waals surface area contributed by atoms with Crippen molar-refractivity contribution in [2.45, 2.75) is 42.3 Å². The van der Waals surface area contributed by atoms with Crippen molar-refractivity contribution in [3.8, 4) is 0 Å². The van der Waals surface area contributed by atoms with Gasteiger partial charge in [-0.05, 0) is 25.7 Å². The summed E-state index contributed by atoms with van der Waals surface area (Å²) < 4.78 is -1.40. The first-order valence-electron chi connectivity index (χ1n) is 5.22. The summed E-state index contributed by atoms with van der Waals surface area (Å²) in [5.74, 6) is 0. The normalized spacial score (nSPS) is 18.1. The van der Waals surface area contributed by atoms with Crippen LogP contribution in [0.3, 0.4) is 0 Å². The number of alkyl halides is 3. The lowest BCUT2D eigenvalue weighted by molar-refractivity contribution is 0.611. The molecule has 0 unspecified atom stereocenters. The van der Waals surface area contributed by atoms with Crippen molar-refractivity contribution < 1.29 is 0 Å². The van der Waals surface area contributed by atoms with Gasteiger partial charge < -0.3 is 0 Å². The average Bonchev–Trinajstić information content (AvgIpc) is 2.46. The lowest BCUT2D eigenvalue weighted by Crippen LogP contribution is -2.07. The van der Waals surface area contributed by atoms with Gasteiger partial charge in [0.2, 0.25) is 3.79 Å². The van der Waals surface area contributed by atoms with E-state index in [0.717, 1.165) is 30.5 Å². The number of fused-ring (bicyclic) bond motifs is 1. The number of H-pyrrole nitrogens is 1. The summed E-state index contributed by atoms with van der Waals surface area (Å²) in [6, 6.07) is 0. The molecular weight excluding hydrogens is 254 g/mol. The Balaban J connectivity index is 2.34. The Hall–Kier alpha value is 0.0800. The molecule has 1 heterocycles. The second kappa shape index (κ2) is 4.52. The fourth-order valence-electron chi connectivity index (χ4n) is 2.07. The second-order valence-electron chi connectivity index (χ2n) is 3.94. The summed E-state index contributed by atoms with van der Waals surface area (Å²) in [5.41, 5.74) is 2.86. The van der Waals surface area contributed by atoms with Gasteiger partial charge in [0.1, 0.15) is 5.69 Å². The predicted octanol–water partition coefficient (Wildman–Crippen LogP) is 3.90. The SMILES string of the molecule is ClC(Cl)(Cl)c1n[nH]c2c1CCCCCC2. The first kappa shape index (κ1) is 11.6. The molecule has 84 valence electrons. The number of aryl methyl sites for hydroxylation is 1. The van der Waals surface area contributed by atoms with Gasteiger partial charge >= 0.3 is 0 Å². The van der Waals surface area contributed by atoms with Gasteiger partial charge in [0, 0.05) is 11.3 Å². The fourth-order valence-corrected chi connectivity index (χ4v) is 2.54. The molecule has 0 spiro atoms. The second-order valence-corrected chi connectivity index (χ2v) is 6.22. The lowest BCUT2D eigenvalue weighted by Gasteiger charge is -2.13. The molecule has 1 aromatic rings. The van der Waals surface area contributed by atoms with E-state index < -0.39 is 3.79 Å². The van der Waals surface area contributed by atoms with Crippen LogP contribution in [-0.2, 0) is 16.6 Å². The van der Waals surface area contributed by atoms with Gasteiger partial charge in [0.25, 0.3) is 0 Å². The average molecular weight is 268 g/mol. The molecule has 0 radical (unpaired) electrons. The Morgan fingerprint density at radius 2 is 1.67 bits per heavy atom. The van der Waals surface area contributed by atoms with Crippen molar-refractivity contribution in [1.29, 1.82) is 0 Å². The maximum atomic E-state index is 5.88. The van der Waals surface area contributed by atoms with Crippen molar-refractivity contribution in [1.82, 2.24) is 10.2 Å². The van der Waals surface area contributed by atoms with Gasteiger partial charge in [-0.15, -0.1) is 0 Å². The molecular formula is C10H13Cl3N2. The molecule has 0 saturated heterocycles. The van der Waals surface area contributed by atoms with Gasteiger partial charge in [0.15, 0.2) is 0 Å². The molecule has 15 heavy (non-hydrogen) atoms. The van der Waals surface area contributed by atoms with E-state index in [-0.39, 0.29) is 0 Å². The van der Waals surface area contributed by atoms with Crippen LogP contribution in [0, 0.1) is 0 Å². The summed E-state index contributed by atoms with van der Waals surface area (Å²) in [6.45, 7) is 0. The maximum absolute atomic E-state index is 5.88. The fraction of sp³-hybridized carbons (Fsp3) is 0.700. The Labute approximate surface area is 104 Å². The third-order valence-corrected chi connectivity index (χ3v) is 3.36. The van der Waals surface area contributed by atoms with Crippen molar-refractivity contribution >= 4 is 34.8 Å². The smallest absolute Gasteiger partial charge is 0.234 e. The Kier molecular flexibility index (Phi) is 3.49. The summed E-state index contributed by atoms with van der Waals surface area (Å²) in [5, 5.41) is 7.13. The van der Waals surface area contributed by atoms with Crippen LogP contribution in [-0.4, -0.2) is 10.2 Å².